The lowest BCUT2D eigenvalue weighted by molar-refractivity contribution is -0.116. The molecule has 88 valence electrons. The number of pyridine rings is 1. The van der Waals surface area contributed by atoms with Crippen molar-refractivity contribution in [1.82, 2.24) is 4.98 Å². The second kappa shape index (κ2) is 5.45. The Balaban J connectivity index is 1.90. The highest BCUT2D eigenvalue weighted by Crippen LogP contribution is 2.11. The Morgan fingerprint density at radius 3 is 3.00 bits per heavy atom. The molecule has 0 aromatic carbocycles. The topological polar surface area (TPSA) is 62.0 Å². The molecule has 0 aliphatic rings. The van der Waals surface area contributed by atoms with Crippen LogP contribution >= 0.6 is 11.3 Å². The largest absolute Gasteiger partial charge is 0.366 e. The van der Waals surface area contributed by atoms with Crippen molar-refractivity contribution in [3.63, 3.8) is 0 Å². The zero-order chi connectivity index (χ0) is 12.1. The predicted octanol–water partition coefficient (Wildman–Crippen LogP) is 2.01. The van der Waals surface area contributed by atoms with Crippen molar-refractivity contribution in [2.45, 2.75) is 12.8 Å². The van der Waals surface area contributed by atoms with E-state index in [1.54, 1.807) is 11.3 Å². The first kappa shape index (κ1) is 11.6. The second-order valence-electron chi connectivity index (χ2n) is 3.55. The maximum atomic E-state index is 11.6. The molecule has 5 heteroatoms. The molecular formula is C12H12N2O2S. The van der Waals surface area contributed by atoms with Gasteiger partial charge < -0.3 is 10.3 Å². The Kier molecular flexibility index (Phi) is 3.72. The van der Waals surface area contributed by atoms with E-state index in [4.69, 9.17) is 0 Å². The number of rotatable bonds is 4. The standard InChI is InChI=1S/C12H12N2O2S/c15-11-5-6-13-8-10(11)14-12(16)4-3-9-2-1-7-17-9/h1-2,5-8H,3-4H2,(H,13,15)(H,14,16). The van der Waals surface area contributed by atoms with Crippen LogP contribution in [-0.4, -0.2) is 10.9 Å². The van der Waals surface area contributed by atoms with Crippen LogP contribution in [0, 0.1) is 0 Å². The maximum Gasteiger partial charge on any atom is 0.224 e. The number of aromatic amines is 1. The van der Waals surface area contributed by atoms with Gasteiger partial charge in [0, 0.05) is 29.8 Å². The number of aromatic nitrogens is 1. The Labute approximate surface area is 102 Å². The van der Waals surface area contributed by atoms with Gasteiger partial charge in [0.2, 0.25) is 11.3 Å². The van der Waals surface area contributed by atoms with E-state index in [2.05, 4.69) is 10.3 Å². The lowest BCUT2D eigenvalue weighted by Gasteiger charge is -2.02. The van der Waals surface area contributed by atoms with Crippen LogP contribution in [0.3, 0.4) is 0 Å². The minimum Gasteiger partial charge on any atom is -0.366 e. The molecule has 1 amide bonds. The number of anilines is 1. The third-order valence-corrected chi connectivity index (χ3v) is 3.21. The first-order valence-electron chi connectivity index (χ1n) is 5.25. The van der Waals surface area contributed by atoms with Gasteiger partial charge in [-0.2, -0.15) is 0 Å². The van der Waals surface area contributed by atoms with Crippen molar-refractivity contribution >= 4 is 22.9 Å². The SMILES string of the molecule is O=C(CCc1cccs1)Nc1c[nH]ccc1=O. The van der Waals surface area contributed by atoms with Gasteiger partial charge in [-0.1, -0.05) is 6.07 Å². The minimum atomic E-state index is -0.187. The highest BCUT2D eigenvalue weighted by Gasteiger charge is 2.05. The summed E-state index contributed by atoms with van der Waals surface area (Å²) in [5, 5.41) is 4.58. The molecule has 0 atom stereocenters. The molecule has 2 rings (SSSR count). The summed E-state index contributed by atoms with van der Waals surface area (Å²) in [7, 11) is 0. The van der Waals surface area contributed by atoms with Crippen LogP contribution in [0.25, 0.3) is 0 Å². The molecule has 2 heterocycles. The highest BCUT2D eigenvalue weighted by molar-refractivity contribution is 7.09. The summed E-state index contributed by atoms with van der Waals surface area (Å²) in [5.41, 5.74) is 0.108. The van der Waals surface area contributed by atoms with Crippen LogP contribution in [0.5, 0.6) is 0 Å². The number of nitrogens with one attached hydrogen (secondary N) is 2. The molecule has 0 bridgehead atoms. The van der Waals surface area contributed by atoms with Crippen LogP contribution in [0.4, 0.5) is 5.69 Å². The van der Waals surface area contributed by atoms with Crippen LogP contribution in [0.2, 0.25) is 0 Å². The van der Waals surface area contributed by atoms with Crippen molar-refractivity contribution in [2.75, 3.05) is 5.32 Å². The first-order chi connectivity index (χ1) is 8.25. The van der Waals surface area contributed by atoms with Gasteiger partial charge in [0.25, 0.3) is 0 Å². The molecule has 17 heavy (non-hydrogen) atoms. The number of aryl methyl sites for hydroxylation is 1. The smallest absolute Gasteiger partial charge is 0.224 e. The summed E-state index contributed by atoms with van der Waals surface area (Å²) in [6.07, 6.45) is 4.11. The van der Waals surface area contributed by atoms with E-state index in [1.165, 1.54) is 23.3 Å². The second-order valence-corrected chi connectivity index (χ2v) is 4.58. The first-order valence-corrected chi connectivity index (χ1v) is 6.13. The van der Waals surface area contributed by atoms with Crippen LogP contribution in [-0.2, 0) is 11.2 Å². The number of hydrogen-bond acceptors (Lipinski definition) is 3. The third-order valence-electron chi connectivity index (χ3n) is 2.28. The van der Waals surface area contributed by atoms with E-state index < -0.39 is 0 Å². The Morgan fingerprint density at radius 1 is 1.41 bits per heavy atom. The van der Waals surface area contributed by atoms with E-state index in [9.17, 15) is 9.59 Å². The zero-order valence-electron chi connectivity index (χ0n) is 9.10. The summed E-state index contributed by atoms with van der Waals surface area (Å²) >= 11 is 1.63. The van der Waals surface area contributed by atoms with Gasteiger partial charge >= 0.3 is 0 Å². The quantitative estimate of drug-likeness (QED) is 0.869. The van der Waals surface area contributed by atoms with Gasteiger partial charge in [-0.15, -0.1) is 11.3 Å². The summed E-state index contributed by atoms with van der Waals surface area (Å²) in [6.45, 7) is 0. The molecule has 4 nitrogen and oxygen atoms in total. The fraction of sp³-hybridized carbons (Fsp3) is 0.167. The van der Waals surface area contributed by atoms with Crippen molar-refractivity contribution in [3.8, 4) is 0 Å². The molecule has 2 aromatic heterocycles. The molecule has 0 aliphatic carbocycles. The molecule has 0 aliphatic heterocycles. The average molecular weight is 248 g/mol. The molecule has 0 fully saturated rings. The van der Waals surface area contributed by atoms with E-state index in [0.717, 1.165) is 0 Å². The normalized spacial score (nSPS) is 10.1. The third kappa shape index (κ3) is 3.29. The lowest BCUT2D eigenvalue weighted by Crippen LogP contribution is -2.18. The molecular weight excluding hydrogens is 236 g/mol. The molecule has 0 spiro atoms. The molecule has 2 aromatic rings. The Hall–Kier alpha value is -1.88. The van der Waals surface area contributed by atoms with Crippen LogP contribution < -0.4 is 10.7 Å². The number of carbonyl (C=O) groups excluding carboxylic acids is 1. The fourth-order valence-corrected chi connectivity index (χ4v) is 2.13. The zero-order valence-corrected chi connectivity index (χ0v) is 9.92. The molecule has 2 N–H and O–H groups in total. The van der Waals surface area contributed by atoms with Crippen LogP contribution in [0.15, 0.2) is 40.8 Å². The number of hydrogen-bond donors (Lipinski definition) is 2. The summed E-state index contributed by atoms with van der Waals surface area (Å²) in [6, 6.07) is 5.34. The van der Waals surface area contributed by atoms with E-state index >= 15 is 0 Å². The molecule has 0 saturated heterocycles. The van der Waals surface area contributed by atoms with Gasteiger partial charge in [0.05, 0.1) is 0 Å². The number of carbonyl (C=O) groups is 1. The number of amides is 1. The number of thiophene rings is 1. The minimum absolute atomic E-state index is 0.143. The predicted molar refractivity (Wildman–Crippen MR) is 68.3 cm³/mol. The van der Waals surface area contributed by atoms with Crippen molar-refractivity contribution in [2.24, 2.45) is 0 Å². The molecule has 0 saturated carbocycles. The molecule has 0 unspecified atom stereocenters. The summed E-state index contributed by atoms with van der Waals surface area (Å²) in [5.74, 6) is -0.143. The fourth-order valence-electron chi connectivity index (χ4n) is 1.42. The van der Waals surface area contributed by atoms with Gasteiger partial charge in [-0.05, 0) is 17.9 Å². The van der Waals surface area contributed by atoms with E-state index in [-0.39, 0.29) is 11.3 Å². The van der Waals surface area contributed by atoms with Crippen LogP contribution in [0.1, 0.15) is 11.3 Å². The Morgan fingerprint density at radius 2 is 2.29 bits per heavy atom. The highest BCUT2D eigenvalue weighted by atomic mass is 32.1. The average Bonchev–Trinajstić information content (AvgIpc) is 2.82. The molecule has 0 radical (unpaired) electrons. The van der Waals surface area contributed by atoms with Gasteiger partial charge in [0.15, 0.2) is 0 Å². The monoisotopic (exact) mass is 248 g/mol. The van der Waals surface area contributed by atoms with E-state index in [0.29, 0.717) is 18.5 Å². The van der Waals surface area contributed by atoms with Crippen molar-refractivity contribution < 1.29 is 4.79 Å². The van der Waals surface area contributed by atoms with E-state index in [1.807, 2.05) is 17.5 Å². The lowest BCUT2D eigenvalue weighted by atomic mass is 10.2. The van der Waals surface area contributed by atoms with Gasteiger partial charge in [-0.3, -0.25) is 9.59 Å². The van der Waals surface area contributed by atoms with Crippen molar-refractivity contribution in [1.29, 1.82) is 0 Å². The number of H-pyrrole nitrogens is 1. The van der Waals surface area contributed by atoms with Gasteiger partial charge in [-0.25, -0.2) is 0 Å². The maximum absolute atomic E-state index is 11.6. The summed E-state index contributed by atoms with van der Waals surface area (Å²) < 4.78 is 0. The van der Waals surface area contributed by atoms with Gasteiger partial charge in [0.1, 0.15) is 5.69 Å². The summed E-state index contributed by atoms with van der Waals surface area (Å²) in [4.78, 5) is 26.9. The Bertz CT molecular complexity index is 546. The van der Waals surface area contributed by atoms with Crippen molar-refractivity contribution in [3.05, 3.63) is 51.1 Å².